The molecule has 0 aliphatic rings. The van der Waals surface area contributed by atoms with E-state index in [2.05, 4.69) is 32.8 Å². The molecular formula is C12H11IN2O2. The molecule has 0 amide bonds. The first kappa shape index (κ1) is 12.1. The second-order valence-electron chi connectivity index (χ2n) is 3.33. The van der Waals surface area contributed by atoms with Crippen LogP contribution >= 0.6 is 22.6 Å². The van der Waals surface area contributed by atoms with Crippen molar-refractivity contribution in [1.29, 1.82) is 0 Å². The Morgan fingerprint density at radius 2 is 1.82 bits per heavy atom. The Morgan fingerprint density at radius 3 is 2.41 bits per heavy atom. The van der Waals surface area contributed by atoms with Crippen molar-refractivity contribution >= 4 is 22.6 Å². The zero-order valence-corrected chi connectivity index (χ0v) is 11.4. The zero-order chi connectivity index (χ0) is 12.1. The van der Waals surface area contributed by atoms with Gasteiger partial charge in [-0.05, 0) is 46.4 Å². The summed E-state index contributed by atoms with van der Waals surface area (Å²) in [5.74, 6) is 1.36. The normalized spacial score (nSPS) is 10.0. The summed E-state index contributed by atoms with van der Waals surface area (Å²) in [7, 11) is 1.65. The topological polar surface area (TPSA) is 44.2 Å². The SMILES string of the molecule is COc1ccc(COc2ccc(I)nn2)cc1. The van der Waals surface area contributed by atoms with Crippen LogP contribution in [0.2, 0.25) is 0 Å². The Balaban J connectivity index is 1.95. The van der Waals surface area contributed by atoms with Gasteiger partial charge in [0.15, 0.2) is 0 Å². The van der Waals surface area contributed by atoms with Gasteiger partial charge in [-0.25, -0.2) is 0 Å². The highest BCUT2D eigenvalue weighted by Crippen LogP contribution is 2.13. The van der Waals surface area contributed by atoms with Crippen LogP contribution < -0.4 is 9.47 Å². The number of rotatable bonds is 4. The average Bonchev–Trinajstić information content (AvgIpc) is 2.39. The summed E-state index contributed by atoms with van der Waals surface area (Å²) in [5.41, 5.74) is 1.06. The van der Waals surface area contributed by atoms with Gasteiger partial charge in [0.2, 0.25) is 5.88 Å². The first-order valence-corrected chi connectivity index (χ1v) is 6.11. The van der Waals surface area contributed by atoms with Gasteiger partial charge in [0.25, 0.3) is 0 Å². The van der Waals surface area contributed by atoms with Gasteiger partial charge < -0.3 is 9.47 Å². The van der Waals surface area contributed by atoms with Crippen LogP contribution in [0.25, 0.3) is 0 Å². The van der Waals surface area contributed by atoms with Gasteiger partial charge in [-0.2, -0.15) is 0 Å². The van der Waals surface area contributed by atoms with Crippen LogP contribution in [0.15, 0.2) is 36.4 Å². The molecule has 2 rings (SSSR count). The number of hydrogen-bond donors (Lipinski definition) is 0. The molecule has 1 aromatic carbocycles. The molecule has 0 saturated heterocycles. The van der Waals surface area contributed by atoms with Gasteiger partial charge in [0.05, 0.1) is 7.11 Å². The molecule has 4 nitrogen and oxygen atoms in total. The third-order valence-corrected chi connectivity index (χ3v) is 2.73. The second-order valence-corrected chi connectivity index (χ2v) is 4.44. The lowest BCUT2D eigenvalue weighted by atomic mass is 10.2. The van der Waals surface area contributed by atoms with E-state index in [9.17, 15) is 0 Å². The Hall–Kier alpha value is -1.37. The number of benzene rings is 1. The summed E-state index contributed by atoms with van der Waals surface area (Å²) in [6, 6.07) is 11.4. The van der Waals surface area contributed by atoms with E-state index in [1.54, 1.807) is 13.2 Å². The molecule has 0 spiro atoms. The highest BCUT2D eigenvalue weighted by atomic mass is 127. The standard InChI is InChI=1S/C12H11IN2O2/c1-16-10-4-2-9(3-5-10)8-17-12-7-6-11(13)14-15-12/h2-7H,8H2,1H3. The van der Waals surface area contributed by atoms with E-state index in [1.807, 2.05) is 30.3 Å². The number of ether oxygens (including phenoxy) is 2. The maximum absolute atomic E-state index is 5.50. The third-order valence-electron chi connectivity index (χ3n) is 2.15. The molecule has 0 unspecified atom stereocenters. The van der Waals surface area contributed by atoms with E-state index >= 15 is 0 Å². The van der Waals surface area contributed by atoms with Crippen LogP contribution in [0, 0.1) is 3.70 Å². The maximum atomic E-state index is 5.50. The molecule has 0 fully saturated rings. The van der Waals surface area contributed by atoms with Gasteiger partial charge in [0, 0.05) is 6.07 Å². The van der Waals surface area contributed by atoms with Gasteiger partial charge in [-0.3, -0.25) is 0 Å². The Labute approximate surface area is 113 Å². The summed E-state index contributed by atoms with van der Waals surface area (Å²) in [5, 5.41) is 7.83. The van der Waals surface area contributed by atoms with Crippen molar-refractivity contribution in [2.24, 2.45) is 0 Å². The molecule has 0 aliphatic carbocycles. The van der Waals surface area contributed by atoms with E-state index in [-0.39, 0.29) is 0 Å². The zero-order valence-electron chi connectivity index (χ0n) is 9.26. The van der Waals surface area contributed by atoms with Crippen LogP contribution in [0.1, 0.15) is 5.56 Å². The molecule has 0 aliphatic heterocycles. The predicted molar refractivity (Wildman–Crippen MR) is 72.1 cm³/mol. The monoisotopic (exact) mass is 342 g/mol. The fourth-order valence-electron chi connectivity index (χ4n) is 1.26. The van der Waals surface area contributed by atoms with Crippen molar-refractivity contribution in [3.63, 3.8) is 0 Å². The van der Waals surface area contributed by atoms with E-state index in [0.29, 0.717) is 12.5 Å². The molecular weight excluding hydrogens is 331 g/mol. The van der Waals surface area contributed by atoms with Gasteiger partial charge in [-0.1, -0.05) is 12.1 Å². The van der Waals surface area contributed by atoms with E-state index in [1.165, 1.54) is 0 Å². The highest BCUT2D eigenvalue weighted by Gasteiger charge is 1.98. The molecule has 17 heavy (non-hydrogen) atoms. The lowest BCUT2D eigenvalue weighted by Crippen LogP contribution is -1.98. The van der Waals surface area contributed by atoms with Crippen molar-refractivity contribution in [2.45, 2.75) is 6.61 Å². The summed E-state index contributed by atoms with van der Waals surface area (Å²) in [6.45, 7) is 0.471. The van der Waals surface area contributed by atoms with Gasteiger partial charge in [-0.15, -0.1) is 10.2 Å². The maximum Gasteiger partial charge on any atom is 0.233 e. The minimum Gasteiger partial charge on any atom is -0.497 e. The summed E-state index contributed by atoms with van der Waals surface area (Å²) < 4.78 is 11.4. The van der Waals surface area contributed by atoms with Gasteiger partial charge in [0.1, 0.15) is 16.1 Å². The lowest BCUT2D eigenvalue weighted by Gasteiger charge is -2.05. The third kappa shape index (κ3) is 3.55. The van der Waals surface area contributed by atoms with Crippen molar-refractivity contribution in [1.82, 2.24) is 10.2 Å². The Bertz CT molecular complexity index is 471. The van der Waals surface area contributed by atoms with Crippen molar-refractivity contribution in [2.75, 3.05) is 7.11 Å². The summed E-state index contributed by atoms with van der Waals surface area (Å²) in [4.78, 5) is 0. The number of hydrogen-bond acceptors (Lipinski definition) is 4. The van der Waals surface area contributed by atoms with Crippen molar-refractivity contribution in [3.05, 3.63) is 45.7 Å². The van der Waals surface area contributed by atoms with Crippen LogP contribution in [0.5, 0.6) is 11.6 Å². The molecule has 0 atom stereocenters. The van der Waals surface area contributed by atoms with Crippen LogP contribution in [-0.2, 0) is 6.61 Å². The fourth-order valence-corrected chi connectivity index (χ4v) is 1.55. The molecule has 0 bridgehead atoms. The number of methoxy groups -OCH3 is 1. The van der Waals surface area contributed by atoms with E-state index in [0.717, 1.165) is 15.0 Å². The van der Waals surface area contributed by atoms with E-state index in [4.69, 9.17) is 9.47 Å². The average molecular weight is 342 g/mol. The Morgan fingerprint density at radius 1 is 1.06 bits per heavy atom. The smallest absolute Gasteiger partial charge is 0.233 e. The molecule has 2 aromatic rings. The first-order chi connectivity index (χ1) is 8.28. The molecule has 1 aromatic heterocycles. The lowest BCUT2D eigenvalue weighted by molar-refractivity contribution is 0.289. The fraction of sp³-hybridized carbons (Fsp3) is 0.167. The van der Waals surface area contributed by atoms with Crippen LogP contribution in [0.3, 0.4) is 0 Å². The van der Waals surface area contributed by atoms with Crippen LogP contribution in [-0.4, -0.2) is 17.3 Å². The number of halogens is 1. The molecule has 1 heterocycles. The first-order valence-electron chi connectivity index (χ1n) is 5.03. The largest absolute Gasteiger partial charge is 0.497 e. The molecule has 0 saturated carbocycles. The highest BCUT2D eigenvalue weighted by molar-refractivity contribution is 14.1. The molecule has 0 radical (unpaired) electrons. The number of aromatic nitrogens is 2. The van der Waals surface area contributed by atoms with Crippen LogP contribution in [0.4, 0.5) is 0 Å². The molecule has 88 valence electrons. The van der Waals surface area contributed by atoms with Crippen molar-refractivity contribution in [3.8, 4) is 11.6 Å². The number of nitrogens with zero attached hydrogens (tertiary/aromatic N) is 2. The van der Waals surface area contributed by atoms with E-state index < -0.39 is 0 Å². The minimum absolute atomic E-state index is 0.471. The van der Waals surface area contributed by atoms with Crippen molar-refractivity contribution < 1.29 is 9.47 Å². The predicted octanol–water partition coefficient (Wildman–Crippen LogP) is 2.67. The quantitative estimate of drug-likeness (QED) is 0.802. The molecule has 5 heteroatoms. The minimum atomic E-state index is 0.471. The second kappa shape index (κ2) is 5.81. The summed E-state index contributed by atoms with van der Waals surface area (Å²) >= 11 is 2.10. The Kier molecular flexibility index (Phi) is 4.13. The summed E-state index contributed by atoms with van der Waals surface area (Å²) in [6.07, 6.45) is 0. The van der Waals surface area contributed by atoms with Gasteiger partial charge >= 0.3 is 0 Å². The molecule has 0 N–H and O–H groups in total.